The number of alkyl halides is 1. The minimum atomic E-state index is -0.903. The Morgan fingerprint density at radius 2 is 2.03 bits per heavy atom. The van der Waals surface area contributed by atoms with Crippen LogP contribution >= 0.6 is 0 Å². The number of aromatic nitrogens is 1. The molecule has 5 rings (SSSR count). The highest BCUT2D eigenvalue weighted by atomic mass is 19.1. The molecule has 1 N–H and O–H groups in total. The van der Waals surface area contributed by atoms with E-state index in [4.69, 9.17) is 4.98 Å². The summed E-state index contributed by atoms with van der Waals surface area (Å²) in [5.41, 5.74) is 4.63. The summed E-state index contributed by atoms with van der Waals surface area (Å²) in [5.74, 6) is -0.112. The zero-order valence-electron chi connectivity index (χ0n) is 20.1. The van der Waals surface area contributed by atoms with Gasteiger partial charge in [0, 0.05) is 69.2 Å². The Labute approximate surface area is 198 Å². The molecule has 1 aromatic rings. The molecular weight excluding hydrogens is 413 g/mol. The maximum atomic E-state index is 14.0. The van der Waals surface area contributed by atoms with Crippen LogP contribution in [0.1, 0.15) is 37.4 Å². The van der Waals surface area contributed by atoms with Gasteiger partial charge in [0.15, 0.2) is 0 Å². The molecule has 2 fully saturated rings. The van der Waals surface area contributed by atoms with Crippen LogP contribution in [0.25, 0.3) is 11.1 Å². The molecule has 3 heterocycles. The van der Waals surface area contributed by atoms with Crippen molar-refractivity contribution in [3.8, 4) is 0 Å². The summed E-state index contributed by atoms with van der Waals surface area (Å²) in [5, 5.41) is 3.74. The number of hydrogen-bond donors (Lipinski definition) is 1. The van der Waals surface area contributed by atoms with E-state index >= 15 is 0 Å². The van der Waals surface area contributed by atoms with Gasteiger partial charge < -0.3 is 9.80 Å². The van der Waals surface area contributed by atoms with Crippen LogP contribution in [0.5, 0.6) is 0 Å². The molecule has 2 aliphatic carbocycles. The van der Waals surface area contributed by atoms with E-state index in [-0.39, 0.29) is 5.92 Å². The molecule has 4 atom stereocenters. The molecule has 0 radical (unpaired) electrons. The molecule has 6 heteroatoms. The average molecular weight is 452 g/mol. The van der Waals surface area contributed by atoms with Gasteiger partial charge in [-0.05, 0) is 56.1 Å². The van der Waals surface area contributed by atoms with E-state index in [0.29, 0.717) is 12.1 Å². The van der Waals surface area contributed by atoms with Crippen molar-refractivity contribution in [2.75, 3.05) is 53.0 Å². The smallest absolute Gasteiger partial charge is 0.125 e. The van der Waals surface area contributed by atoms with Crippen LogP contribution < -0.4 is 5.32 Å². The highest BCUT2D eigenvalue weighted by molar-refractivity contribution is 5.83. The lowest BCUT2D eigenvalue weighted by molar-refractivity contribution is 0.143. The first kappa shape index (κ1) is 22.9. The second-order valence-corrected chi connectivity index (χ2v) is 10.2. The number of likely N-dealkylation sites (N-methyl/N-ethyl adjacent to an activating group) is 1. The second-order valence-electron chi connectivity index (χ2n) is 10.2. The molecule has 0 spiro atoms. The Bertz CT molecular complexity index is 917. The molecule has 178 valence electrons. The van der Waals surface area contributed by atoms with Crippen molar-refractivity contribution in [2.24, 2.45) is 5.92 Å². The molecule has 33 heavy (non-hydrogen) atoms. The summed E-state index contributed by atoms with van der Waals surface area (Å²) in [6.07, 6.45) is 12.3. The van der Waals surface area contributed by atoms with Crippen molar-refractivity contribution < 1.29 is 4.39 Å². The largest absolute Gasteiger partial charge is 0.304 e. The Kier molecular flexibility index (Phi) is 7.07. The zero-order chi connectivity index (χ0) is 22.8. The van der Waals surface area contributed by atoms with Crippen LogP contribution in [0.2, 0.25) is 0 Å². The number of nitrogens with one attached hydrogen (secondary N) is 1. The molecule has 5 nitrogen and oxygen atoms in total. The van der Waals surface area contributed by atoms with Crippen LogP contribution in [0.15, 0.2) is 42.6 Å². The van der Waals surface area contributed by atoms with Crippen molar-refractivity contribution in [1.29, 1.82) is 0 Å². The molecule has 0 bridgehead atoms. The second kappa shape index (κ2) is 10.2. The van der Waals surface area contributed by atoms with Crippen LogP contribution in [0.4, 0.5) is 4.39 Å². The molecule has 1 aromatic heterocycles. The number of piperazine rings is 1. The van der Waals surface area contributed by atoms with Crippen LogP contribution in [-0.4, -0.2) is 90.9 Å². The van der Waals surface area contributed by atoms with E-state index < -0.39 is 6.17 Å². The molecule has 1 unspecified atom stereocenters. The predicted octanol–water partition coefficient (Wildman–Crippen LogP) is 3.42. The Morgan fingerprint density at radius 3 is 2.85 bits per heavy atom. The van der Waals surface area contributed by atoms with Gasteiger partial charge >= 0.3 is 0 Å². The summed E-state index contributed by atoms with van der Waals surface area (Å²) in [6.45, 7) is 10.0. The highest BCUT2D eigenvalue weighted by Gasteiger charge is 2.36. The number of halogens is 1. The van der Waals surface area contributed by atoms with Gasteiger partial charge in [-0.3, -0.25) is 15.2 Å². The van der Waals surface area contributed by atoms with E-state index in [1.165, 1.54) is 50.3 Å². The Hall–Kier alpha value is -1.86. The molecular formula is C27H38FN5. The van der Waals surface area contributed by atoms with E-state index in [1.807, 2.05) is 31.3 Å². The summed E-state index contributed by atoms with van der Waals surface area (Å²) >= 11 is 0. The Morgan fingerprint density at radius 1 is 1.18 bits per heavy atom. The predicted molar refractivity (Wildman–Crippen MR) is 133 cm³/mol. The summed E-state index contributed by atoms with van der Waals surface area (Å²) in [4.78, 5) is 12.4. The van der Waals surface area contributed by atoms with Crippen molar-refractivity contribution >= 4 is 11.1 Å². The van der Waals surface area contributed by atoms with Crippen LogP contribution in [-0.2, 0) is 0 Å². The fraction of sp³-hybridized carbons (Fsp3) is 0.593. The first-order valence-corrected chi connectivity index (χ1v) is 12.7. The van der Waals surface area contributed by atoms with Crippen LogP contribution in [0, 0.1) is 5.92 Å². The lowest BCUT2D eigenvalue weighted by Gasteiger charge is -2.34. The van der Waals surface area contributed by atoms with Gasteiger partial charge in [-0.15, -0.1) is 0 Å². The van der Waals surface area contributed by atoms with Crippen LogP contribution in [0.3, 0.4) is 0 Å². The molecule has 0 aromatic carbocycles. The third kappa shape index (κ3) is 5.14. The molecule has 0 amide bonds. The van der Waals surface area contributed by atoms with E-state index in [1.54, 1.807) is 6.08 Å². The van der Waals surface area contributed by atoms with Gasteiger partial charge in [0.25, 0.3) is 0 Å². The molecule has 2 saturated heterocycles. The summed E-state index contributed by atoms with van der Waals surface area (Å²) in [6, 6.07) is 5.30. The quantitative estimate of drug-likeness (QED) is 0.717. The van der Waals surface area contributed by atoms with E-state index in [0.717, 1.165) is 37.3 Å². The third-order valence-corrected chi connectivity index (χ3v) is 7.88. The maximum Gasteiger partial charge on any atom is 0.125 e. The summed E-state index contributed by atoms with van der Waals surface area (Å²) in [7, 11) is 2.22. The van der Waals surface area contributed by atoms with Gasteiger partial charge in [0.05, 0.1) is 5.69 Å². The number of pyridine rings is 1. The normalized spacial score (nSPS) is 31.4. The SMILES string of the molecule is CC1C=C(c2ncccc2C2=CC[C@@H]3NCN(CCCN4CCN(C)CC4)[C@@H]3C2)C=C[C@H]1F. The minimum Gasteiger partial charge on any atom is -0.304 e. The van der Waals surface area contributed by atoms with Gasteiger partial charge in [0.2, 0.25) is 0 Å². The fourth-order valence-electron chi connectivity index (χ4n) is 5.72. The number of hydrogen-bond acceptors (Lipinski definition) is 5. The van der Waals surface area contributed by atoms with Gasteiger partial charge in [-0.2, -0.15) is 0 Å². The lowest BCUT2D eigenvalue weighted by atomic mass is 9.84. The van der Waals surface area contributed by atoms with E-state index in [9.17, 15) is 4.39 Å². The number of fused-ring (bicyclic) bond motifs is 1. The van der Waals surface area contributed by atoms with Crippen molar-refractivity contribution in [3.05, 3.63) is 53.9 Å². The maximum absolute atomic E-state index is 14.0. The zero-order valence-corrected chi connectivity index (χ0v) is 20.1. The van der Waals surface area contributed by atoms with Gasteiger partial charge in [-0.25, -0.2) is 4.39 Å². The first-order valence-electron chi connectivity index (χ1n) is 12.7. The topological polar surface area (TPSA) is 34.6 Å². The van der Waals surface area contributed by atoms with E-state index in [2.05, 4.69) is 39.2 Å². The third-order valence-electron chi connectivity index (χ3n) is 7.88. The number of allylic oxidation sites excluding steroid dienone is 4. The fourth-order valence-corrected chi connectivity index (χ4v) is 5.72. The summed E-state index contributed by atoms with van der Waals surface area (Å²) < 4.78 is 14.0. The van der Waals surface area contributed by atoms with Crippen molar-refractivity contribution in [1.82, 2.24) is 25.0 Å². The number of rotatable bonds is 6. The standard InChI is InChI=1S/C27H38FN5/c1-20-17-22(6-8-24(20)28)27-23(5-3-10-29-27)21-7-9-25-26(18-21)33(19-30-25)12-4-11-32-15-13-31(2)14-16-32/h3,5-8,10,17,20,24-26,30H,4,9,11-16,18-19H2,1-2H3/t20?,24-,25+,26-/m1/s1. The monoisotopic (exact) mass is 451 g/mol. The van der Waals surface area contributed by atoms with Crippen molar-refractivity contribution in [2.45, 2.75) is 44.4 Å². The average Bonchev–Trinajstić information content (AvgIpc) is 3.24. The first-order chi connectivity index (χ1) is 16.1. The molecule has 4 aliphatic rings. The van der Waals surface area contributed by atoms with Crippen molar-refractivity contribution in [3.63, 3.8) is 0 Å². The minimum absolute atomic E-state index is 0.112. The Balaban J connectivity index is 1.24. The molecule has 2 aliphatic heterocycles. The van der Waals surface area contributed by atoms with Gasteiger partial charge in [0.1, 0.15) is 6.17 Å². The molecule has 0 saturated carbocycles. The van der Waals surface area contributed by atoms with Gasteiger partial charge in [-0.1, -0.05) is 31.2 Å². The number of nitrogens with zero attached hydrogens (tertiary/aromatic N) is 4. The highest BCUT2D eigenvalue weighted by Crippen LogP contribution is 2.36. The lowest BCUT2D eigenvalue weighted by Crippen LogP contribution is -2.45.